The van der Waals surface area contributed by atoms with E-state index in [-0.39, 0.29) is 23.0 Å². The fourth-order valence-electron chi connectivity index (χ4n) is 1.98. The van der Waals surface area contributed by atoms with E-state index in [1.807, 2.05) is 79.7 Å². The van der Waals surface area contributed by atoms with Crippen LogP contribution in [0.5, 0.6) is 0 Å². The molecule has 180 valence electrons. The number of carbonyl (C=O) groups is 3. The van der Waals surface area contributed by atoms with Crippen LogP contribution in [-0.4, -0.2) is 28.1 Å². The lowest BCUT2D eigenvalue weighted by Gasteiger charge is -2.04. The first-order chi connectivity index (χ1) is 16.0. The summed E-state index contributed by atoms with van der Waals surface area (Å²) in [5.74, 6) is -2.37. The highest BCUT2D eigenvalue weighted by Crippen LogP contribution is 2.12. The molecule has 0 saturated heterocycles. The molecule has 0 amide bonds. The average Bonchev–Trinajstić information content (AvgIpc) is 2.82. The predicted octanol–water partition coefficient (Wildman–Crippen LogP) is 5.93. The van der Waals surface area contributed by atoms with Crippen LogP contribution in [0.4, 0.5) is 0 Å². The van der Waals surface area contributed by atoms with Crippen LogP contribution in [0, 0.1) is 5.92 Å². The summed E-state index contributed by atoms with van der Waals surface area (Å²) in [5, 5.41) is 16.6. The van der Waals surface area contributed by atoms with E-state index < -0.39 is 11.9 Å². The van der Waals surface area contributed by atoms with Crippen molar-refractivity contribution in [1.29, 1.82) is 0 Å². The van der Waals surface area contributed by atoms with Crippen LogP contribution < -0.4 is 0 Å². The van der Waals surface area contributed by atoms with Crippen molar-refractivity contribution in [3.8, 4) is 0 Å². The topological polar surface area (TPSA) is 101 Å². The number of hydrogen-bond acceptors (Lipinski definition) is 4. The summed E-state index contributed by atoms with van der Waals surface area (Å²) in [5.41, 5.74) is 2.85. The molecular formula is C28H32O6. The number of aliphatic carboxylic acids is 2. The lowest BCUT2D eigenvalue weighted by molar-refractivity contribution is -0.140. The lowest BCUT2D eigenvalue weighted by Crippen LogP contribution is -2.05. The summed E-state index contributed by atoms with van der Waals surface area (Å²) in [4.78, 5) is 31.2. The van der Waals surface area contributed by atoms with Crippen molar-refractivity contribution in [3.63, 3.8) is 0 Å². The molecule has 6 nitrogen and oxygen atoms in total. The Labute approximate surface area is 201 Å². The number of esters is 1. The molecule has 2 aromatic rings. The first-order valence-electron chi connectivity index (χ1n) is 10.4. The molecule has 34 heavy (non-hydrogen) atoms. The van der Waals surface area contributed by atoms with Gasteiger partial charge in [0.05, 0.1) is 0 Å². The molecule has 0 bridgehead atoms. The molecule has 0 aliphatic heterocycles. The maximum Gasteiger partial charge on any atom is 0.333 e. The van der Waals surface area contributed by atoms with Crippen LogP contribution in [-0.2, 0) is 25.7 Å². The zero-order valence-electron chi connectivity index (χ0n) is 19.9. The van der Waals surface area contributed by atoms with Crippen molar-refractivity contribution in [2.45, 2.75) is 27.4 Å². The predicted molar refractivity (Wildman–Crippen MR) is 135 cm³/mol. The zero-order chi connectivity index (χ0) is 26.1. The molecule has 6 heteroatoms. The Hall–Kier alpha value is -4.19. The number of rotatable bonds is 8. The molecule has 0 aliphatic carbocycles. The van der Waals surface area contributed by atoms with Gasteiger partial charge in [0, 0.05) is 22.6 Å². The van der Waals surface area contributed by atoms with E-state index in [9.17, 15) is 14.4 Å². The van der Waals surface area contributed by atoms with Crippen molar-refractivity contribution in [1.82, 2.24) is 0 Å². The molecule has 2 rings (SSSR count). The van der Waals surface area contributed by atoms with E-state index in [0.29, 0.717) is 12.2 Å². The van der Waals surface area contributed by atoms with E-state index in [0.717, 1.165) is 11.1 Å². The lowest BCUT2D eigenvalue weighted by atomic mass is 10.0. The third-order valence-corrected chi connectivity index (χ3v) is 4.13. The number of carboxylic acid groups (broad SMARTS) is 2. The van der Waals surface area contributed by atoms with Gasteiger partial charge in [-0.3, -0.25) is 0 Å². The summed E-state index contributed by atoms with van der Waals surface area (Å²) >= 11 is 0. The van der Waals surface area contributed by atoms with Gasteiger partial charge in [0.1, 0.15) is 6.61 Å². The van der Waals surface area contributed by atoms with Gasteiger partial charge in [-0.05, 0) is 25.0 Å². The molecule has 0 heterocycles. The quantitative estimate of drug-likeness (QED) is 0.371. The molecule has 2 N–H and O–H groups in total. The van der Waals surface area contributed by atoms with Gasteiger partial charge >= 0.3 is 17.9 Å². The van der Waals surface area contributed by atoms with E-state index in [1.54, 1.807) is 6.92 Å². The van der Waals surface area contributed by atoms with E-state index in [1.165, 1.54) is 6.92 Å². The number of hydrogen-bond donors (Lipinski definition) is 2. The molecule has 0 fully saturated rings. The molecule has 1 atom stereocenters. The van der Waals surface area contributed by atoms with E-state index >= 15 is 0 Å². The molecule has 0 aromatic heterocycles. The minimum absolute atomic E-state index is 0.150. The molecule has 1 unspecified atom stereocenters. The Morgan fingerprint density at radius 1 is 0.853 bits per heavy atom. The molecule has 0 aliphatic rings. The van der Waals surface area contributed by atoms with Crippen molar-refractivity contribution < 1.29 is 29.3 Å². The smallest absolute Gasteiger partial charge is 0.333 e. The molecule has 0 spiro atoms. The van der Waals surface area contributed by atoms with Gasteiger partial charge in [0.25, 0.3) is 0 Å². The van der Waals surface area contributed by atoms with Crippen molar-refractivity contribution >= 4 is 24.0 Å². The number of carbonyl (C=O) groups excluding carboxylic acids is 1. The van der Waals surface area contributed by atoms with Gasteiger partial charge < -0.3 is 14.9 Å². The Kier molecular flexibility index (Phi) is 14.4. The van der Waals surface area contributed by atoms with Gasteiger partial charge in [0.15, 0.2) is 0 Å². The monoisotopic (exact) mass is 464 g/mol. The maximum absolute atomic E-state index is 11.0. The molecule has 0 saturated carbocycles. The third kappa shape index (κ3) is 14.0. The number of carboxylic acids is 2. The van der Waals surface area contributed by atoms with Crippen LogP contribution in [0.2, 0.25) is 0 Å². The summed E-state index contributed by atoms with van der Waals surface area (Å²) in [7, 11) is 0. The van der Waals surface area contributed by atoms with Gasteiger partial charge in [-0.15, -0.1) is 0 Å². The normalized spacial score (nSPS) is 10.4. The Bertz CT molecular complexity index is 992. The summed E-state index contributed by atoms with van der Waals surface area (Å²) < 4.78 is 4.95. The largest absolute Gasteiger partial charge is 0.478 e. The second-order valence-electron chi connectivity index (χ2n) is 7.32. The Morgan fingerprint density at radius 3 is 1.74 bits per heavy atom. The van der Waals surface area contributed by atoms with Gasteiger partial charge in [-0.25, -0.2) is 14.4 Å². The van der Waals surface area contributed by atoms with Crippen LogP contribution >= 0.6 is 0 Å². The first kappa shape index (κ1) is 29.8. The molecule has 0 radical (unpaired) electrons. The average molecular weight is 465 g/mol. The maximum atomic E-state index is 11.0. The summed E-state index contributed by atoms with van der Waals surface area (Å²) in [6.45, 7) is 15.4. The van der Waals surface area contributed by atoms with Crippen molar-refractivity contribution in [2.24, 2.45) is 5.92 Å². The molecule has 2 aromatic carbocycles. The van der Waals surface area contributed by atoms with Crippen molar-refractivity contribution in [3.05, 3.63) is 114 Å². The van der Waals surface area contributed by atoms with Gasteiger partial charge in [0.2, 0.25) is 0 Å². The minimum Gasteiger partial charge on any atom is -0.478 e. The number of allylic oxidation sites excluding steroid dienone is 1. The van der Waals surface area contributed by atoms with Crippen LogP contribution in [0.1, 0.15) is 31.9 Å². The second-order valence-corrected chi connectivity index (χ2v) is 7.32. The highest BCUT2D eigenvalue weighted by atomic mass is 16.5. The molecular weight excluding hydrogens is 432 g/mol. The van der Waals surface area contributed by atoms with Gasteiger partial charge in [-0.2, -0.15) is 0 Å². The van der Waals surface area contributed by atoms with Crippen LogP contribution in [0.25, 0.3) is 6.08 Å². The fraction of sp³-hybridized carbons (Fsp3) is 0.179. The highest BCUT2D eigenvalue weighted by molar-refractivity contribution is 5.87. The van der Waals surface area contributed by atoms with E-state index in [2.05, 4.69) is 19.7 Å². The standard InChI is InChI=1S/C13H14O2.C11H12O2.C4H6O2/c1-10(11(2)13(14)15)8-9-12-6-4-3-5-7-12;1-9(2)11(12)13-8-10-6-4-3-5-7-10;1-3(2)4(5)6/h3-10H,2H2,1H3,(H,14,15);3-7H,1,8H2,2H3;1H2,2H3,(H,5,6). The van der Waals surface area contributed by atoms with E-state index in [4.69, 9.17) is 14.9 Å². The Balaban J connectivity index is 0.000000524. The summed E-state index contributed by atoms with van der Waals surface area (Å²) in [6, 6.07) is 19.3. The number of ether oxygens (including phenoxy) is 1. The summed E-state index contributed by atoms with van der Waals surface area (Å²) in [6.07, 6.45) is 3.74. The first-order valence-corrected chi connectivity index (χ1v) is 10.4. The van der Waals surface area contributed by atoms with Gasteiger partial charge in [-0.1, -0.05) is 99.5 Å². The minimum atomic E-state index is -0.944. The van der Waals surface area contributed by atoms with Crippen LogP contribution in [0.3, 0.4) is 0 Å². The highest BCUT2D eigenvalue weighted by Gasteiger charge is 2.09. The van der Waals surface area contributed by atoms with Crippen molar-refractivity contribution in [2.75, 3.05) is 0 Å². The third-order valence-electron chi connectivity index (χ3n) is 4.13. The SMILES string of the molecule is C=C(C(=O)O)C(C)C=Cc1ccccc1.C=C(C)C(=O)O.C=C(C)C(=O)OCc1ccccc1. The second kappa shape index (κ2) is 16.4. The van der Waals surface area contributed by atoms with Crippen LogP contribution in [0.15, 0.2) is 103 Å². The zero-order valence-corrected chi connectivity index (χ0v) is 19.9. The number of benzene rings is 2. The Morgan fingerprint density at radius 2 is 1.32 bits per heavy atom. The fourth-order valence-corrected chi connectivity index (χ4v) is 1.98.